The molecule has 154 valence electrons. The van der Waals surface area contributed by atoms with E-state index in [9.17, 15) is 18.0 Å². The van der Waals surface area contributed by atoms with Crippen LogP contribution in [0.5, 0.6) is 0 Å². The SMILES string of the molecule is CC(CO)NC(=O)c1nnc(-c2c(-c3ccc(F)cc3)[nH]c3c(F)cc(F)cc23)o1. The van der Waals surface area contributed by atoms with Gasteiger partial charge in [0.15, 0.2) is 0 Å². The second-order valence-electron chi connectivity index (χ2n) is 6.66. The highest BCUT2D eigenvalue weighted by Gasteiger charge is 2.24. The summed E-state index contributed by atoms with van der Waals surface area (Å²) in [5, 5.41) is 19.2. The molecule has 10 heteroatoms. The van der Waals surface area contributed by atoms with E-state index in [2.05, 4.69) is 20.5 Å². The standard InChI is InChI=1S/C20H15F3N4O3/c1-9(8-28)24-18(29)20-27-26-19(30-20)15-13-6-12(22)7-14(23)17(13)25-16(15)10-2-4-11(21)5-3-10/h2-7,9,25,28H,8H2,1H3,(H,24,29). The molecular formula is C20H15F3N4O3. The third-order valence-electron chi connectivity index (χ3n) is 4.44. The van der Waals surface area contributed by atoms with Gasteiger partial charge in [-0.2, -0.15) is 0 Å². The van der Waals surface area contributed by atoms with Gasteiger partial charge in [0.2, 0.25) is 0 Å². The van der Waals surface area contributed by atoms with Crippen LogP contribution in [0.1, 0.15) is 17.6 Å². The molecule has 4 aromatic rings. The number of carbonyl (C=O) groups excluding carboxylic acids is 1. The highest BCUT2D eigenvalue weighted by molar-refractivity contribution is 6.02. The van der Waals surface area contributed by atoms with Crippen LogP contribution in [-0.4, -0.2) is 38.8 Å². The Morgan fingerprint density at radius 3 is 2.60 bits per heavy atom. The van der Waals surface area contributed by atoms with Crippen LogP contribution in [0.4, 0.5) is 13.2 Å². The Morgan fingerprint density at radius 1 is 1.17 bits per heavy atom. The summed E-state index contributed by atoms with van der Waals surface area (Å²) >= 11 is 0. The van der Waals surface area contributed by atoms with Gasteiger partial charge in [0, 0.05) is 17.5 Å². The Hall–Kier alpha value is -3.66. The largest absolute Gasteiger partial charge is 0.412 e. The number of hydrogen-bond donors (Lipinski definition) is 3. The first kappa shape index (κ1) is 19.6. The average molecular weight is 416 g/mol. The minimum absolute atomic E-state index is 0.0103. The summed E-state index contributed by atoms with van der Waals surface area (Å²) in [6.45, 7) is 1.29. The number of halogens is 3. The molecule has 2 heterocycles. The van der Waals surface area contributed by atoms with Gasteiger partial charge in [-0.25, -0.2) is 13.2 Å². The maximum atomic E-state index is 14.4. The number of aliphatic hydroxyl groups is 1. The van der Waals surface area contributed by atoms with E-state index in [1.165, 1.54) is 24.3 Å². The van der Waals surface area contributed by atoms with Crippen molar-refractivity contribution in [3.05, 3.63) is 59.7 Å². The summed E-state index contributed by atoms with van der Waals surface area (Å²) in [5.41, 5.74) is 0.898. The molecule has 0 saturated carbocycles. The van der Waals surface area contributed by atoms with E-state index in [4.69, 9.17) is 9.52 Å². The van der Waals surface area contributed by atoms with Gasteiger partial charge in [-0.3, -0.25) is 4.79 Å². The molecule has 1 unspecified atom stereocenters. The van der Waals surface area contributed by atoms with Gasteiger partial charge in [-0.1, -0.05) is 0 Å². The summed E-state index contributed by atoms with van der Waals surface area (Å²) < 4.78 is 47.1. The lowest BCUT2D eigenvalue weighted by Gasteiger charge is -2.07. The molecule has 0 radical (unpaired) electrons. The second kappa shape index (κ2) is 7.64. The number of aliphatic hydroxyl groups excluding tert-OH is 1. The van der Waals surface area contributed by atoms with Gasteiger partial charge in [0.05, 0.1) is 23.4 Å². The average Bonchev–Trinajstić information content (AvgIpc) is 3.33. The van der Waals surface area contributed by atoms with Crippen LogP contribution in [0.2, 0.25) is 0 Å². The monoisotopic (exact) mass is 416 g/mol. The van der Waals surface area contributed by atoms with Crippen LogP contribution in [0.25, 0.3) is 33.6 Å². The molecule has 3 N–H and O–H groups in total. The van der Waals surface area contributed by atoms with Crippen molar-refractivity contribution in [3.63, 3.8) is 0 Å². The molecule has 4 rings (SSSR count). The molecule has 7 nitrogen and oxygen atoms in total. The molecule has 0 aliphatic carbocycles. The van der Waals surface area contributed by atoms with Crippen LogP contribution in [0, 0.1) is 17.5 Å². The maximum Gasteiger partial charge on any atom is 0.309 e. The molecule has 0 spiro atoms. The van der Waals surface area contributed by atoms with Gasteiger partial charge in [-0.05, 0) is 42.8 Å². The quantitative estimate of drug-likeness (QED) is 0.463. The molecule has 30 heavy (non-hydrogen) atoms. The number of amides is 1. The maximum absolute atomic E-state index is 14.4. The van der Waals surface area contributed by atoms with Crippen molar-refractivity contribution in [1.82, 2.24) is 20.5 Å². The Labute approximate surface area is 167 Å². The Kier molecular flexibility index (Phi) is 5.00. The Bertz CT molecular complexity index is 1230. The third kappa shape index (κ3) is 3.52. The number of nitrogens with zero attached hydrogens (tertiary/aromatic N) is 2. The van der Waals surface area contributed by atoms with Gasteiger partial charge < -0.3 is 19.8 Å². The third-order valence-corrected chi connectivity index (χ3v) is 4.44. The minimum atomic E-state index is -0.839. The van der Waals surface area contributed by atoms with Gasteiger partial charge in [0.25, 0.3) is 5.89 Å². The van der Waals surface area contributed by atoms with Crippen LogP contribution in [0.15, 0.2) is 40.8 Å². The smallest absolute Gasteiger partial charge is 0.309 e. The summed E-state index contributed by atoms with van der Waals surface area (Å²) in [6, 6.07) is 6.60. The zero-order chi connectivity index (χ0) is 21.4. The molecule has 0 aliphatic rings. The van der Waals surface area contributed by atoms with Gasteiger partial charge in [0.1, 0.15) is 17.5 Å². The predicted octanol–water partition coefficient (Wildman–Crippen LogP) is 3.41. The highest BCUT2D eigenvalue weighted by Crippen LogP contribution is 2.39. The number of fused-ring (bicyclic) bond motifs is 1. The highest BCUT2D eigenvalue weighted by atomic mass is 19.1. The molecule has 2 aromatic heterocycles. The zero-order valence-electron chi connectivity index (χ0n) is 15.5. The summed E-state index contributed by atoms with van der Waals surface area (Å²) in [5.74, 6) is -3.39. The number of hydrogen-bond acceptors (Lipinski definition) is 5. The number of aromatic nitrogens is 3. The summed E-state index contributed by atoms with van der Waals surface area (Å²) in [7, 11) is 0. The number of nitrogens with one attached hydrogen (secondary N) is 2. The second-order valence-corrected chi connectivity index (χ2v) is 6.66. The lowest BCUT2D eigenvalue weighted by molar-refractivity contribution is 0.0888. The first-order valence-electron chi connectivity index (χ1n) is 8.89. The molecule has 0 aliphatic heterocycles. The minimum Gasteiger partial charge on any atom is -0.412 e. The summed E-state index contributed by atoms with van der Waals surface area (Å²) in [6.07, 6.45) is 0. The zero-order valence-corrected chi connectivity index (χ0v) is 15.5. The Balaban J connectivity index is 1.88. The Morgan fingerprint density at radius 2 is 1.90 bits per heavy atom. The predicted molar refractivity (Wildman–Crippen MR) is 101 cm³/mol. The molecule has 0 fully saturated rings. The topological polar surface area (TPSA) is 104 Å². The first-order chi connectivity index (χ1) is 14.4. The molecule has 2 aromatic carbocycles. The van der Waals surface area contributed by atoms with E-state index < -0.39 is 29.4 Å². The number of aromatic amines is 1. The van der Waals surface area contributed by atoms with Crippen molar-refractivity contribution in [2.75, 3.05) is 6.61 Å². The van der Waals surface area contributed by atoms with Crippen LogP contribution < -0.4 is 5.32 Å². The van der Waals surface area contributed by atoms with E-state index in [0.29, 0.717) is 5.56 Å². The molecule has 1 atom stereocenters. The van der Waals surface area contributed by atoms with E-state index in [1.54, 1.807) is 6.92 Å². The number of carbonyl (C=O) groups is 1. The number of rotatable bonds is 5. The van der Waals surface area contributed by atoms with Crippen molar-refractivity contribution in [2.45, 2.75) is 13.0 Å². The fraction of sp³-hybridized carbons (Fsp3) is 0.150. The lowest BCUT2D eigenvalue weighted by Crippen LogP contribution is -2.35. The first-order valence-corrected chi connectivity index (χ1v) is 8.89. The van der Waals surface area contributed by atoms with Crippen molar-refractivity contribution >= 4 is 16.8 Å². The fourth-order valence-electron chi connectivity index (χ4n) is 3.02. The summed E-state index contributed by atoms with van der Waals surface area (Å²) in [4.78, 5) is 15.0. The fourth-order valence-corrected chi connectivity index (χ4v) is 3.02. The van der Waals surface area contributed by atoms with Crippen molar-refractivity contribution in [2.24, 2.45) is 0 Å². The van der Waals surface area contributed by atoms with E-state index >= 15 is 0 Å². The van der Waals surface area contributed by atoms with E-state index in [1.807, 2.05) is 0 Å². The molecule has 0 saturated heterocycles. The van der Waals surface area contributed by atoms with Crippen LogP contribution in [-0.2, 0) is 0 Å². The number of H-pyrrole nitrogens is 1. The lowest BCUT2D eigenvalue weighted by atomic mass is 10.0. The van der Waals surface area contributed by atoms with Crippen LogP contribution in [0.3, 0.4) is 0 Å². The number of benzene rings is 2. The molecule has 1 amide bonds. The van der Waals surface area contributed by atoms with Crippen LogP contribution >= 0.6 is 0 Å². The normalized spacial score (nSPS) is 12.3. The molecule has 0 bridgehead atoms. The van der Waals surface area contributed by atoms with Crippen molar-refractivity contribution in [1.29, 1.82) is 0 Å². The van der Waals surface area contributed by atoms with E-state index in [0.717, 1.165) is 12.1 Å². The van der Waals surface area contributed by atoms with Crippen molar-refractivity contribution < 1.29 is 27.5 Å². The van der Waals surface area contributed by atoms with E-state index in [-0.39, 0.29) is 40.5 Å². The van der Waals surface area contributed by atoms with Crippen molar-refractivity contribution in [3.8, 4) is 22.7 Å². The van der Waals surface area contributed by atoms with Gasteiger partial charge in [-0.15, -0.1) is 10.2 Å². The molecular weight excluding hydrogens is 401 g/mol. The van der Waals surface area contributed by atoms with Gasteiger partial charge >= 0.3 is 11.8 Å².